The molecule has 0 aliphatic carbocycles. The number of piperidine rings is 1. The van der Waals surface area contributed by atoms with Crippen LogP contribution in [0.5, 0.6) is 5.75 Å². The van der Waals surface area contributed by atoms with Gasteiger partial charge in [-0.05, 0) is 50.4 Å². The fourth-order valence-corrected chi connectivity index (χ4v) is 5.74. The summed E-state index contributed by atoms with van der Waals surface area (Å²) in [5.74, 6) is 0.706. The minimum absolute atomic E-state index is 0.545. The molecule has 152 valence electrons. The summed E-state index contributed by atoms with van der Waals surface area (Å²) < 4.78 is 34.6. The van der Waals surface area contributed by atoms with Crippen LogP contribution in [0.15, 0.2) is 18.2 Å². The zero-order valence-corrected chi connectivity index (χ0v) is 17.6. The molecule has 0 aromatic heterocycles. The third kappa shape index (κ3) is 5.35. The van der Waals surface area contributed by atoms with Crippen LogP contribution in [-0.2, 0) is 16.8 Å². The highest BCUT2D eigenvalue weighted by molar-refractivity contribution is 7.86. The summed E-state index contributed by atoms with van der Waals surface area (Å²) >= 11 is 6.29. The monoisotopic (exact) mass is 415 g/mol. The standard InChI is InChI=1S/C19H30ClN3O3S/c1-2-26-19-8-7-17(15-18(19)20)16-21-9-6-12-23(14-13-21)27(24,25)22-10-4-3-5-11-22/h7-8,15H,2-6,9-14,16H2,1H3. The quantitative estimate of drug-likeness (QED) is 0.716. The zero-order valence-electron chi connectivity index (χ0n) is 16.1. The average Bonchev–Trinajstić information content (AvgIpc) is 2.91. The van der Waals surface area contributed by atoms with Crippen LogP contribution in [0.25, 0.3) is 0 Å². The van der Waals surface area contributed by atoms with Crippen molar-refractivity contribution in [3.8, 4) is 5.75 Å². The Morgan fingerprint density at radius 3 is 2.37 bits per heavy atom. The van der Waals surface area contributed by atoms with Crippen molar-refractivity contribution in [2.75, 3.05) is 45.9 Å². The second kappa shape index (κ2) is 9.56. The van der Waals surface area contributed by atoms with E-state index in [4.69, 9.17) is 16.3 Å². The highest BCUT2D eigenvalue weighted by Gasteiger charge is 2.31. The Morgan fingerprint density at radius 2 is 1.67 bits per heavy atom. The van der Waals surface area contributed by atoms with Gasteiger partial charge in [0.1, 0.15) is 5.75 Å². The molecule has 2 fully saturated rings. The molecular formula is C19H30ClN3O3S. The topological polar surface area (TPSA) is 53.1 Å². The van der Waals surface area contributed by atoms with E-state index < -0.39 is 10.2 Å². The number of benzene rings is 1. The Hall–Kier alpha value is -0.860. The summed E-state index contributed by atoms with van der Waals surface area (Å²) in [5, 5.41) is 0.624. The van der Waals surface area contributed by atoms with Crippen LogP contribution >= 0.6 is 11.6 Å². The number of ether oxygens (including phenoxy) is 1. The Balaban J connectivity index is 1.59. The lowest BCUT2D eigenvalue weighted by Crippen LogP contribution is -2.47. The molecule has 6 nitrogen and oxygen atoms in total. The molecule has 0 atom stereocenters. The van der Waals surface area contributed by atoms with Crippen molar-refractivity contribution in [3.05, 3.63) is 28.8 Å². The van der Waals surface area contributed by atoms with Crippen molar-refractivity contribution in [1.29, 1.82) is 0 Å². The van der Waals surface area contributed by atoms with Gasteiger partial charge < -0.3 is 4.74 Å². The van der Waals surface area contributed by atoms with E-state index in [-0.39, 0.29) is 0 Å². The molecule has 0 saturated carbocycles. The minimum atomic E-state index is -3.32. The average molecular weight is 416 g/mol. The van der Waals surface area contributed by atoms with Gasteiger partial charge in [-0.25, -0.2) is 0 Å². The van der Waals surface area contributed by atoms with E-state index in [1.165, 1.54) is 0 Å². The molecule has 2 saturated heterocycles. The molecule has 2 aliphatic heterocycles. The van der Waals surface area contributed by atoms with Gasteiger partial charge in [0.2, 0.25) is 0 Å². The van der Waals surface area contributed by atoms with Gasteiger partial charge in [-0.15, -0.1) is 0 Å². The van der Waals surface area contributed by atoms with Crippen LogP contribution in [0.1, 0.15) is 38.2 Å². The second-order valence-electron chi connectivity index (χ2n) is 7.19. The van der Waals surface area contributed by atoms with E-state index in [9.17, 15) is 8.42 Å². The van der Waals surface area contributed by atoms with E-state index in [2.05, 4.69) is 4.90 Å². The van der Waals surface area contributed by atoms with Gasteiger partial charge in [0.15, 0.2) is 0 Å². The lowest BCUT2D eigenvalue weighted by molar-refractivity contribution is 0.272. The third-order valence-corrected chi connectivity index (χ3v) is 7.55. The molecule has 2 heterocycles. The first-order chi connectivity index (χ1) is 13.0. The van der Waals surface area contributed by atoms with Crippen LogP contribution in [-0.4, -0.2) is 67.8 Å². The van der Waals surface area contributed by atoms with Crippen LogP contribution in [0.2, 0.25) is 5.02 Å². The van der Waals surface area contributed by atoms with E-state index in [1.807, 2.05) is 25.1 Å². The molecule has 0 unspecified atom stereocenters. The highest BCUT2D eigenvalue weighted by atomic mass is 35.5. The molecule has 0 spiro atoms. The molecule has 0 radical (unpaired) electrons. The fourth-order valence-electron chi connectivity index (χ4n) is 3.77. The first kappa shape index (κ1) is 20.9. The summed E-state index contributed by atoms with van der Waals surface area (Å²) in [6, 6.07) is 5.88. The molecule has 0 amide bonds. The number of hydrogen-bond donors (Lipinski definition) is 0. The largest absolute Gasteiger partial charge is 0.492 e. The van der Waals surface area contributed by atoms with E-state index in [0.29, 0.717) is 43.6 Å². The number of rotatable bonds is 6. The van der Waals surface area contributed by atoms with E-state index >= 15 is 0 Å². The van der Waals surface area contributed by atoms with Crippen molar-refractivity contribution in [2.24, 2.45) is 0 Å². The number of hydrogen-bond acceptors (Lipinski definition) is 4. The number of nitrogens with zero attached hydrogens (tertiary/aromatic N) is 3. The normalized spacial score (nSPS) is 21.1. The lowest BCUT2D eigenvalue weighted by atomic mass is 10.2. The maximum absolute atomic E-state index is 12.9. The van der Waals surface area contributed by atoms with Gasteiger partial charge >= 0.3 is 0 Å². The second-order valence-corrected chi connectivity index (χ2v) is 9.53. The summed E-state index contributed by atoms with van der Waals surface area (Å²) in [6.45, 7) is 7.37. The van der Waals surface area contributed by atoms with Crippen molar-refractivity contribution >= 4 is 21.8 Å². The molecular weight excluding hydrogens is 386 g/mol. The minimum Gasteiger partial charge on any atom is -0.492 e. The van der Waals surface area contributed by atoms with Gasteiger partial charge in [-0.2, -0.15) is 17.0 Å². The molecule has 1 aromatic carbocycles. The molecule has 2 aliphatic rings. The van der Waals surface area contributed by atoms with Gasteiger partial charge in [0, 0.05) is 39.3 Å². The summed E-state index contributed by atoms with van der Waals surface area (Å²) in [4.78, 5) is 2.30. The van der Waals surface area contributed by atoms with Crippen LogP contribution in [0, 0.1) is 0 Å². The first-order valence-electron chi connectivity index (χ1n) is 9.89. The lowest BCUT2D eigenvalue weighted by Gasteiger charge is -2.31. The summed E-state index contributed by atoms with van der Waals surface area (Å²) in [6.07, 6.45) is 3.91. The van der Waals surface area contributed by atoms with Gasteiger partial charge in [-0.3, -0.25) is 4.90 Å². The Morgan fingerprint density at radius 1 is 0.963 bits per heavy atom. The van der Waals surface area contributed by atoms with E-state index in [1.54, 1.807) is 8.61 Å². The van der Waals surface area contributed by atoms with Crippen molar-refractivity contribution in [2.45, 2.75) is 39.2 Å². The predicted octanol–water partition coefficient (Wildman–Crippen LogP) is 2.98. The molecule has 0 N–H and O–H groups in total. The summed E-state index contributed by atoms with van der Waals surface area (Å²) in [7, 11) is -3.32. The summed E-state index contributed by atoms with van der Waals surface area (Å²) in [5.41, 5.74) is 1.12. The molecule has 8 heteroatoms. The van der Waals surface area contributed by atoms with Gasteiger partial charge in [0.25, 0.3) is 10.2 Å². The smallest absolute Gasteiger partial charge is 0.282 e. The maximum Gasteiger partial charge on any atom is 0.282 e. The highest BCUT2D eigenvalue weighted by Crippen LogP contribution is 2.26. The van der Waals surface area contributed by atoms with Gasteiger partial charge in [0.05, 0.1) is 11.6 Å². The van der Waals surface area contributed by atoms with Crippen LogP contribution in [0.3, 0.4) is 0 Å². The maximum atomic E-state index is 12.9. The van der Waals surface area contributed by atoms with Crippen LogP contribution in [0.4, 0.5) is 0 Å². The van der Waals surface area contributed by atoms with Crippen molar-refractivity contribution in [1.82, 2.24) is 13.5 Å². The first-order valence-corrected chi connectivity index (χ1v) is 11.7. The molecule has 0 bridgehead atoms. The van der Waals surface area contributed by atoms with E-state index in [0.717, 1.165) is 50.9 Å². The SMILES string of the molecule is CCOc1ccc(CN2CCCN(S(=O)(=O)N3CCCCC3)CC2)cc1Cl. The zero-order chi connectivity index (χ0) is 19.3. The van der Waals surface area contributed by atoms with Crippen LogP contribution < -0.4 is 4.74 Å². The third-order valence-electron chi connectivity index (χ3n) is 5.22. The Labute approximate surface area is 168 Å². The molecule has 27 heavy (non-hydrogen) atoms. The Kier molecular flexibility index (Phi) is 7.39. The molecule has 1 aromatic rings. The van der Waals surface area contributed by atoms with Gasteiger partial charge in [-0.1, -0.05) is 24.1 Å². The molecule has 3 rings (SSSR count). The fraction of sp³-hybridized carbons (Fsp3) is 0.684. The Bertz CT molecular complexity index is 723. The predicted molar refractivity (Wildman–Crippen MR) is 108 cm³/mol. The van der Waals surface area contributed by atoms with Crippen molar-refractivity contribution in [3.63, 3.8) is 0 Å². The number of halogens is 1. The van der Waals surface area contributed by atoms with Crippen molar-refractivity contribution < 1.29 is 13.2 Å².